The second-order valence-corrected chi connectivity index (χ2v) is 7.53. The summed E-state index contributed by atoms with van der Waals surface area (Å²) in [6, 6.07) is 17.1. The molecule has 0 radical (unpaired) electrons. The lowest BCUT2D eigenvalue weighted by molar-refractivity contribution is 0.447. The van der Waals surface area contributed by atoms with Crippen molar-refractivity contribution in [3.05, 3.63) is 60.7 Å². The van der Waals surface area contributed by atoms with Crippen LogP contribution in [0.3, 0.4) is 0 Å². The second kappa shape index (κ2) is 5.66. The minimum Gasteiger partial charge on any atom is -0.505 e. The van der Waals surface area contributed by atoms with Crippen molar-refractivity contribution >= 4 is 32.4 Å². The molecule has 5 heteroatoms. The van der Waals surface area contributed by atoms with Crippen LogP contribution in [-0.2, 0) is 9.84 Å². The average Bonchev–Trinajstić information content (AvgIpc) is 2.55. The van der Waals surface area contributed by atoms with Crippen LogP contribution in [0.25, 0.3) is 10.8 Å². The molecule has 3 nitrogen and oxygen atoms in total. The highest BCUT2D eigenvalue weighted by Gasteiger charge is 2.24. The molecule has 0 aliphatic heterocycles. The van der Waals surface area contributed by atoms with Crippen molar-refractivity contribution in [3.63, 3.8) is 0 Å². The van der Waals surface area contributed by atoms with E-state index in [1.807, 2.05) is 30.5 Å². The number of aromatic hydroxyl groups is 1. The van der Waals surface area contributed by atoms with Crippen molar-refractivity contribution in [2.45, 2.75) is 14.7 Å². The molecule has 0 aliphatic rings. The largest absolute Gasteiger partial charge is 0.505 e. The van der Waals surface area contributed by atoms with Crippen molar-refractivity contribution in [3.8, 4) is 5.75 Å². The third-order valence-electron chi connectivity index (χ3n) is 3.49. The third kappa shape index (κ3) is 2.36. The lowest BCUT2D eigenvalue weighted by atomic mass is 10.1. The first-order chi connectivity index (χ1) is 10.6. The monoisotopic (exact) mass is 330 g/mol. The number of phenols is 1. The fourth-order valence-corrected chi connectivity index (χ4v) is 4.60. The van der Waals surface area contributed by atoms with E-state index in [4.69, 9.17) is 0 Å². The van der Waals surface area contributed by atoms with Crippen molar-refractivity contribution in [2.24, 2.45) is 0 Å². The first-order valence-electron chi connectivity index (χ1n) is 6.64. The van der Waals surface area contributed by atoms with Crippen LogP contribution in [-0.4, -0.2) is 19.8 Å². The third-order valence-corrected chi connectivity index (χ3v) is 6.09. The fourth-order valence-electron chi connectivity index (χ4n) is 2.42. The molecule has 112 valence electrons. The van der Waals surface area contributed by atoms with Gasteiger partial charge in [0.1, 0.15) is 10.6 Å². The summed E-state index contributed by atoms with van der Waals surface area (Å²) in [4.78, 5) is 0.696. The summed E-state index contributed by atoms with van der Waals surface area (Å²) in [6.07, 6.45) is 1.82. The van der Waals surface area contributed by atoms with Gasteiger partial charge in [-0.25, -0.2) is 8.42 Å². The molecule has 3 aromatic rings. The Labute approximate surface area is 133 Å². The Balaban J connectivity index is 2.35. The highest BCUT2D eigenvalue weighted by atomic mass is 32.2. The molecule has 0 atom stereocenters. The number of sulfone groups is 1. The van der Waals surface area contributed by atoms with Crippen LogP contribution < -0.4 is 0 Å². The Hall–Kier alpha value is -1.98. The van der Waals surface area contributed by atoms with Gasteiger partial charge in [-0.3, -0.25) is 0 Å². The molecule has 0 saturated carbocycles. The zero-order valence-electron chi connectivity index (χ0n) is 11.9. The highest BCUT2D eigenvalue weighted by Crippen LogP contribution is 2.41. The lowest BCUT2D eigenvalue weighted by Crippen LogP contribution is -2.03. The van der Waals surface area contributed by atoms with Crippen LogP contribution in [0.4, 0.5) is 0 Å². The smallest absolute Gasteiger partial charge is 0.210 e. The number of thioether (sulfide) groups is 1. The molecule has 3 aromatic carbocycles. The predicted octanol–water partition coefficient (Wildman–Crippen LogP) is 4.10. The normalized spacial score (nSPS) is 11.7. The number of hydrogen-bond acceptors (Lipinski definition) is 4. The number of rotatable bonds is 3. The summed E-state index contributed by atoms with van der Waals surface area (Å²) in [5, 5.41) is 12.1. The van der Waals surface area contributed by atoms with E-state index in [-0.39, 0.29) is 15.5 Å². The SMILES string of the molecule is CSc1c(O)c(S(=O)(=O)c2ccccc2)cc2ccccc12. The van der Waals surface area contributed by atoms with E-state index < -0.39 is 9.84 Å². The molecular formula is C17H14O3S2. The summed E-state index contributed by atoms with van der Waals surface area (Å²) in [7, 11) is -3.76. The van der Waals surface area contributed by atoms with Crippen molar-refractivity contribution < 1.29 is 13.5 Å². The first-order valence-corrected chi connectivity index (χ1v) is 9.35. The lowest BCUT2D eigenvalue weighted by Gasteiger charge is -2.12. The van der Waals surface area contributed by atoms with Gasteiger partial charge in [-0.15, -0.1) is 11.8 Å². The summed E-state index contributed by atoms with van der Waals surface area (Å²) in [5.74, 6) is -0.185. The second-order valence-electron chi connectivity index (χ2n) is 4.79. The summed E-state index contributed by atoms with van der Waals surface area (Å²) < 4.78 is 25.6. The van der Waals surface area contributed by atoms with Gasteiger partial charge in [0.05, 0.1) is 9.79 Å². The molecule has 0 fully saturated rings. The summed E-state index contributed by atoms with van der Waals surface area (Å²) >= 11 is 1.34. The number of fused-ring (bicyclic) bond motifs is 1. The Morgan fingerprint density at radius 3 is 2.27 bits per heavy atom. The number of phenolic OH excluding ortho intramolecular Hbond substituents is 1. The molecule has 0 aliphatic carbocycles. The molecule has 0 spiro atoms. The van der Waals surface area contributed by atoms with E-state index in [0.717, 1.165) is 10.8 Å². The van der Waals surface area contributed by atoms with Crippen molar-refractivity contribution in [2.75, 3.05) is 6.26 Å². The van der Waals surface area contributed by atoms with Crippen LogP contribution >= 0.6 is 11.8 Å². The molecule has 0 unspecified atom stereocenters. The predicted molar refractivity (Wildman–Crippen MR) is 89.3 cm³/mol. The fraction of sp³-hybridized carbons (Fsp3) is 0.0588. The molecule has 0 bridgehead atoms. The summed E-state index contributed by atoms with van der Waals surface area (Å²) in [5.41, 5.74) is 0. The van der Waals surface area contributed by atoms with Crippen molar-refractivity contribution in [1.29, 1.82) is 0 Å². The molecule has 0 saturated heterocycles. The summed E-state index contributed by atoms with van der Waals surface area (Å²) in [6.45, 7) is 0. The van der Waals surface area contributed by atoms with Gasteiger partial charge < -0.3 is 5.11 Å². The number of benzene rings is 3. The Morgan fingerprint density at radius 2 is 1.59 bits per heavy atom. The van der Waals surface area contributed by atoms with E-state index in [2.05, 4.69) is 0 Å². The topological polar surface area (TPSA) is 54.4 Å². The molecule has 0 aromatic heterocycles. The molecule has 0 amide bonds. The van der Waals surface area contributed by atoms with E-state index in [9.17, 15) is 13.5 Å². The van der Waals surface area contributed by atoms with Crippen LogP contribution in [0, 0.1) is 0 Å². The van der Waals surface area contributed by atoms with Crippen LogP contribution in [0.15, 0.2) is 75.4 Å². The van der Waals surface area contributed by atoms with Crippen LogP contribution in [0.2, 0.25) is 0 Å². The zero-order valence-corrected chi connectivity index (χ0v) is 13.5. The maximum absolute atomic E-state index is 12.8. The van der Waals surface area contributed by atoms with Gasteiger partial charge in [-0.2, -0.15) is 0 Å². The first kappa shape index (κ1) is 14.9. The quantitative estimate of drug-likeness (QED) is 0.735. The van der Waals surface area contributed by atoms with Gasteiger partial charge in [-0.1, -0.05) is 42.5 Å². The van der Waals surface area contributed by atoms with Gasteiger partial charge >= 0.3 is 0 Å². The van der Waals surface area contributed by atoms with E-state index in [1.165, 1.54) is 30.0 Å². The number of hydrogen-bond donors (Lipinski definition) is 1. The minimum atomic E-state index is -3.76. The van der Waals surface area contributed by atoms with E-state index >= 15 is 0 Å². The zero-order chi connectivity index (χ0) is 15.7. The standard InChI is InChI=1S/C17H14O3S2/c1-21-17-14-10-6-5-7-12(14)11-15(16(17)18)22(19,20)13-8-3-2-4-9-13/h2-11,18H,1H3. The maximum atomic E-state index is 12.8. The van der Waals surface area contributed by atoms with Gasteiger partial charge in [0.25, 0.3) is 0 Å². The minimum absolute atomic E-state index is 0.0539. The van der Waals surface area contributed by atoms with Gasteiger partial charge in [0, 0.05) is 0 Å². The van der Waals surface area contributed by atoms with Gasteiger partial charge in [0.15, 0.2) is 0 Å². The average molecular weight is 330 g/mol. The van der Waals surface area contributed by atoms with Crippen molar-refractivity contribution in [1.82, 2.24) is 0 Å². The molecule has 1 N–H and O–H groups in total. The molecule has 22 heavy (non-hydrogen) atoms. The van der Waals surface area contributed by atoms with Crippen LogP contribution in [0.5, 0.6) is 5.75 Å². The van der Waals surface area contributed by atoms with E-state index in [1.54, 1.807) is 18.2 Å². The van der Waals surface area contributed by atoms with Crippen LogP contribution in [0.1, 0.15) is 0 Å². The highest BCUT2D eigenvalue weighted by molar-refractivity contribution is 7.99. The maximum Gasteiger partial charge on any atom is 0.210 e. The molecule has 0 heterocycles. The van der Waals surface area contributed by atoms with E-state index in [0.29, 0.717) is 4.90 Å². The Kier molecular flexibility index (Phi) is 3.85. The Bertz CT molecular complexity index is 933. The molecule has 3 rings (SSSR count). The Morgan fingerprint density at radius 1 is 0.955 bits per heavy atom. The molecular weight excluding hydrogens is 316 g/mol. The van der Waals surface area contributed by atoms with Gasteiger partial charge in [0.2, 0.25) is 9.84 Å². The van der Waals surface area contributed by atoms with Gasteiger partial charge in [-0.05, 0) is 35.2 Å².